The summed E-state index contributed by atoms with van der Waals surface area (Å²) in [6.07, 6.45) is 0.927. The number of carbonyl (C=O) groups is 1. The number of ketones is 1. The van der Waals surface area contributed by atoms with E-state index in [4.69, 9.17) is 13.8 Å². The zero-order chi connectivity index (χ0) is 21.8. The van der Waals surface area contributed by atoms with Crippen molar-refractivity contribution in [1.82, 2.24) is 9.27 Å². The standard InChI is InChI=1S/C23H26IN3O3S/c1-16(28)17-8-9-19(20(14-17)29-2)30-13-5-10-26-11-12-27(15-22(26)24)23-18-6-3-4-7-21(18)31-25-23/h3-4,6-9,14,22H,5,10-13,15H2,1-2H3. The van der Waals surface area contributed by atoms with E-state index in [1.807, 2.05) is 6.07 Å². The maximum Gasteiger partial charge on any atom is 0.161 e. The Morgan fingerprint density at radius 3 is 2.84 bits per heavy atom. The van der Waals surface area contributed by atoms with Gasteiger partial charge in [0.15, 0.2) is 17.3 Å². The molecule has 0 N–H and O–H groups in total. The van der Waals surface area contributed by atoms with Crippen LogP contribution in [0.4, 0.5) is 5.82 Å². The highest BCUT2D eigenvalue weighted by molar-refractivity contribution is 14.1. The van der Waals surface area contributed by atoms with Gasteiger partial charge in [0.1, 0.15) is 5.82 Å². The second-order valence-electron chi connectivity index (χ2n) is 7.54. The van der Waals surface area contributed by atoms with E-state index in [1.54, 1.807) is 37.7 Å². The van der Waals surface area contributed by atoms with Crippen LogP contribution in [-0.2, 0) is 0 Å². The lowest BCUT2D eigenvalue weighted by Gasteiger charge is -2.39. The topological polar surface area (TPSA) is 54.9 Å². The number of methoxy groups -OCH3 is 1. The fourth-order valence-corrected chi connectivity index (χ4v) is 5.61. The summed E-state index contributed by atoms with van der Waals surface area (Å²) in [6.45, 7) is 6.09. The molecule has 0 spiro atoms. The molecule has 6 nitrogen and oxygen atoms in total. The molecule has 4 rings (SSSR count). The van der Waals surface area contributed by atoms with E-state index in [-0.39, 0.29) is 5.78 Å². The molecule has 31 heavy (non-hydrogen) atoms. The van der Waals surface area contributed by atoms with Crippen LogP contribution in [0, 0.1) is 0 Å². The molecular weight excluding hydrogens is 525 g/mol. The number of halogens is 1. The number of carbonyl (C=O) groups excluding carboxylic acids is 1. The van der Waals surface area contributed by atoms with Gasteiger partial charge in [-0.05, 0) is 55.2 Å². The summed E-state index contributed by atoms with van der Waals surface area (Å²) in [4.78, 5) is 16.5. The van der Waals surface area contributed by atoms with Crippen LogP contribution >= 0.6 is 34.1 Å². The highest BCUT2D eigenvalue weighted by Gasteiger charge is 2.26. The van der Waals surface area contributed by atoms with E-state index < -0.39 is 0 Å². The van der Waals surface area contributed by atoms with Crippen LogP contribution in [0.1, 0.15) is 23.7 Å². The summed E-state index contributed by atoms with van der Waals surface area (Å²) in [5.74, 6) is 2.41. The number of alkyl halides is 1. The molecule has 2 aromatic carbocycles. The summed E-state index contributed by atoms with van der Waals surface area (Å²) in [7, 11) is 1.60. The number of benzene rings is 2. The third kappa shape index (κ3) is 5.12. The highest BCUT2D eigenvalue weighted by atomic mass is 127. The van der Waals surface area contributed by atoms with Crippen LogP contribution in [0.15, 0.2) is 42.5 Å². The van der Waals surface area contributed by atoms with Gasteiger partial charge in [-0.1, -0.05) is 34.7 Å². The molecule has 1 unspecified atom stereocenters. The minimum atomic E-state index is 0.0164. The summed E-state index contributed by atoms with van der Waals surface area (Å²) < 4.78 is 17.7. The first kappa shape index (κ1) is 22.3. The number of hydrogen-bond donors (Lipinski definition) is 0. The lowest BCUT2D eigenvalue weighted by Crippen LogP contribution is -2.51. The molecule has 0 radical (unpaired) electrons. The van der Waals surface area contributed by atoms with Gasteiger partial charge < -0.3 is 14.4 Å². The minimum Gasteiger partial charge on any atom is -0.493 e. The van der Waals surface area contributed by atoms with Crippen molar-refractivity contribution in [2.24, 2.45) is 0 Å². The quantitative estimate of drug-likeness (QED) is 0.131. The van der Waals surface area contributed by atoms with Gasteiger partial charge in [-0.25, -0.2) is 0 Å². The fraction of sp³-hybridized carbons (Fsp3) is 0.391. The third-order valence-corrected chi connectivity index (χ3v) is 7.50. The van der Waals surface area contributed by atoms with Gasteiger partial charge in [-0.2, -0.15) is 4.37 Å². The second kappa shape index (κ2) is 10.1. The monoisotopic (exact) mass is 551 g/mol. The van der Waals surface area contributed by atoms with Crippen molar-refractivity contribution < 1.29 is 14.3 Å². The molecule has 0 aliphatic carbocycles. The Kier molecular flexibility index (Phi) is 7.29. The number of hydrogen-bond acceptors (Lipinski definition) is 7. The molecule has 0 amide bonds. The second-order valence-corrected chi connectivity index (χ2v) is 9.79. The predicted molar refractivity (Wildman–Crippen MR) is 134 cm³/mol. The average Bonchev–Trinajstić information content (AvgIpc) is 3.21. The van der Waals surface area contributed by atoms with Crippen LogP contribution in [0.5, 0.6) is 11.5 Å². The number of Topliss-reactive ketones (excluding diaryl/α,β-unsaturated/α-hetero) is 1. The Morgan fingerprint density at radius 1 is 1.23 bits per heavy atom. The summed E-state index contributed by atoms with van der Waals surface area (Å²) in [5, 5.41) is 1.25. The minimum absolute atomic E-state index is 0.0164. The molecule has 1 aliphatic heterocycles. The van der Waals surface area contributed by atoms with E-state index in [1.165, 1.54) is 10.1 Å². The Morgan fingerprint density at radius 2 is 2.06 bits per heavy atom. The Hall–Kier alpha value is -1.91. The van der Waals surface area contributed by atoms with E-state index in [9.17, 15) is 4.79 Å². The molecule has 0 bridgehead atoms. The van der Waals surface area contributed by atoms with E-state index in [0.29, 0.717) is 27.7 Å². The Balaban J connectivity index is 1.27. The molecule has 2 heterocycles. The van der Waals surface area contributed by atoms with Gasteiger partial charge in [0.05, 0.1) is 22.5 Å². The van der Waals surface area contributed by atoms with Gasteiger partial charge in [0.25, 0.3) is 0 Å². The van der Waals surface area contributed by atoms with E-state index >= 15 is 0 Å². The number of anilines is 1. The van der Waals surface area contributed by atoms with Crippen molar-refractivity contribution in [3.05, 3.63) is 48.0 Å². The van der Waals surface area contributed by atoms with Crippen molar-refractivity contribution in [3.8, 4) is 11.5 Å². The molecule has 164 valence electrons. The summed E-state index contributed by atoms with van der Waals surface area (Å²) >= 11 is 4.11. The summed E-state index contributed by atoms with van der Waals surface area (Å²) in [6, 6.07) is 13.8. The van der Waals surface area contributed by atoms with Crippen LogP contribution in [0.3, 0.4) is 0 Å². The SMILES string of the molecule is COc1cc(C(C)=O)ccc1OCCCN1CCN(c2nsc3ccccc23)CC1I. The maximum absolute atomic E-state index is 11.5. The Labute approximate surface area is 200 Å². The Bertz CT molecular complexity index is 1060. The lowest BCUT2D eigenvalue weighted by atomic mass is 10.1. The molecule has 1 aliphatic rings. The largest absolute Gasteiger partial charge is 0.493 e. The lowest BCUT2D eigenvalue weighted by molar-refractivity contribution is 0.101. The molecule has 1 aromatic heterocycles. The van der Waals surface area contributed by atoms with Crippen LogP contribution in [0.25, 0.3) is 10.1 Å². The first-order chi connectivity index (χ1) is 15.1. The van der Waals surface area contributed by atoms with Crippen molar-refractivity contribution in [3.63, 3.8) is 0 Å². The van der Waals surface area contributed by atoms with Gasteiger partial charge >= 0.3 is 0 Å². The molecular formula is C23H26IN3O3S. The number of ether oxygens (including phenoxy) is 2. The molecule has 8 heteroatoms. The van der Waals surface area contributed by atoms with Crippen molar-refractivity contribution >= 4 is 55.8 Å². The molecule has 1 saturated heterocycles. The van der Waals surface area contributed by atoms with Gasteiger partial charge in [0, 0.05) is 37.1 Å². The van der Waals surface area contributed by atoms with E-state index in [0.717, 1.165) is 38.4 Å². The zero-order valence-corrected chi connectivity index (χ0v) is 20.7. The maximum atomic E-state index is 11.5. The number of rotatable bonds is 8. The van der Waals surface area contributed by atoms with Gasteiger partial charge in [0.2, 0.25) is 0 Å². The van der Waals surface area contributed by atoms with Gasteiger partial charge in [-0.15, -0.1) is 0 Å². The number of nitrogens with zero attached hydrogens (tertiary/aromatic N) is 3. The number of piperazine rings is 1. The fourth-order valence-electron chi connectivity index (χ4n) is 3.78. The molecule has 1 fully saturated rings. The van der Waals surface area contributed by atoms with Crippen LogP contribution < -0.4 is 14.4 Å². The number of fused-ring (bicyclic) bond motifs is 1. The first-order valence-electron chi connectivity index (χ1n) is 10.4. The highest BCUT2D eigenvalue weighted by Crippen LogP contribution is 2.32. The van der Waals surface area contributed by atoms with Crippen molar-refractivity contribution in [1.29, 1.82) is 0 Å². The molecule has 0 saturated carbocycles. The normalized spacial score (nSPS) is 17.1. The van der Waals surface area contributed by atoms with Gasteiger partial charge in [-0.3, -0.25) is 9.69 Å². The van der Waals surface area contributed by atoms with Crippen molar-refractivity contribution in [2.75, 3.05) is 44.8 Å². The summed E-state index contributed by atoms with van der Waals surface area (Å²) in [5.41, 5.74) is 0.628. The smallest absolute Gasteiger partial charge is 0.161 e. The molecule has 1 atom stereocenters. The van der Waals surface area contributed by atoms with Crippen LogP contribution in [0.2, 0.25) is 0 Å². The number of aromatic nitrogens is 1. The zero-order valence-electron chi connectivity index (χ0n) is 17.7. The predicted octanol–water partition coefficient (Wildman–Crippen LogP) is 4.86. The van der Waals surface area contributed by atoms with Crippen molar-refractivity contribution in [2.45, 2.75) is 17.4 Å². The molecule has 3 aromatic rings. The first-order valence-corrected chi connectivity index (χ1v) is 12.4. The van der Waals surface area contributed by atoms with E-state index in [2.05, 4.69) is 56.7 Å². The average molecular weight is 551 g/mol. The third-order valence-electron chi connectivity index (χ3n) is 5.50. The van der Waals surface area contributed by atoms with Crippen LogP contribution in [-0.4, -0.2) is 59.0 Å².